The van der Waals surface area contributed by atoms with E-state index in [-0.39, 0.29) is 18.0 Å². The van der Waals surface area contributed by atoms with Crippen molar-refractivity contribution in [3.05, 3.63) is 0 Å². The van der Waals surface area contributed by atoms with Crippen LogP contribution in [-0.2, 0) is 9.53 Å². The number of piperidine rings is 1. The highest BCUT2D eigenvalue weighted by atomic mass is 16.5. The number of nitrogens with one attached hydrogen (secondary N) is 1. The van der Waals surface area contributed by atoms with Crippen molar-refractivity contribution in [1.82, 2.24) is 5.32 Å². The molecule has 2 unspecified atom stereocenters. The van der Waals surface area contributed by atoms with Crippen molar-refractivity contribution in [2.24, 2.45) is 5.92 Å². The maximum atomic E-state index is 11.8. The minimum Gasteiger partial charge on any atom is -0.462 e. The smallest absolute Gasteiger partial charge is 0.309 e. The Kier molecular flexibility index (Phi) is 3.62. The molecule has 2 aliphatic rings. The Bertz CT molecular complexity index is 224. The zero-order chi connectivity index (χ0) is 10.7. The summed E-state index contributed by atoms with van der Waals surface area (Å²) in [6.45, 7) is 3.08. The lowest BCUT2D eigenvalue weighted by Crippen LogP contribution is -2.39. The molecule has 2 fully saturated rings. The number of esters is 1. The zero-order valence-corrected chi connectivity index (χ0v) is 9.50. The molecule has 0 aromatic heterocycles. The first kappa shape index (κ1) is 10.9. The van der Waals surface area contributed by atoms with Gasteiger partial charge in [0.15, 0.2) is 0 Å². The Hall–Kier alpha value is -0.570. The van der Waals surface area contributed by atoms with Gasteiger partial charge in [0.25, 0.3) is 0 Å². The fraction of sp³-hybridized carbons (Fsp3) is 0.917. The molecule has 2 rings (SSSR count). The molecule has 2 atom stereocenters. The van der Waals surface area contributed by atoms with Crippen molar-refractivity contribution in [2.75, 3.05) is 6.54 Å². The molecule has 1 heterocycles. The highest BCUT2D eigenvalue weighted by Crippen LogP contribution is 2.24. The molecular formula is C12H21NO2. The third-order valence-corrected chi connectivity index (χ3v) is 3.54. The molecular weight excluding hydrogens is 190 g/mol. The normalized spacial score (nSPS) is 32.9. The van der Waals surface area contributed by atoms with Crippen LogP contribution in [0.1, 0.15) is 45.4 Å². The van der Waals surface area contributed by atoms with Crippen LogP contribution in [0.5, 0.6) is 0 Å². The van der Waals surface area contributed by atoms with E-state index in [1.807, 2.05) is 0 Å². The summed E-state index contributed by atoms with van der Waals surface area (Å²) in [5.41, 5.74) is 0. The quantitative estimate of drug-likeness (QED) is 0.708. The lowest BCUT2D eigenvalue weighted by atomic mass is 9.93. The summed E-state index contributed by atoms with van der Waals surface area (Å²) in [6, 6.07) is 0.458. The van der Waals surface area contributed by atoms with Crippen molar-refractivity contribution in [1.29, 1.82) is 0 Å². The zero-order valence-electron chi connectivity index (χ0n) is 9.50. The third-order valence-electron chi connectivity index (χ3n) is 3.54. The van der Waals surface area contributed by atoms with Crippen molar-refractivity contribution in [2.45, 2.75) is 57.6 Å². The van der Waals surface area contributed by atoms with Gasteiger partial charge in [-0.25, -0.2) is 0 Å². The van der Waals surface area contributed by atoms with Crippen LogP contribution >= 0.6 is 0 Å². The molecule has 1 saturated heterocycles. The molecule has 1 saturated carbocycles. The molecule has 0 amide bonds. The number of rotatable bonds is 2. The maximum Gasteiger partial charge on any atom is 0.309 e. The predicted octanol–water partition coefficient (Wildman–Crippen LogP) is 1.86. The molecule has 0 radical (unpaired) electrons. The van der Waals surface area contributed by atoms with Crippen LogP contribution in [0.15, 0.2) is 0 Å². The largest absolute Gasteiger partial charge is 0.462 e. The van der Waals surface area contributed by atoms with Gasteiger partial charge in [0.2, 0.25) is 0 Å². The van der Waals surface area contributed by atoms with Gasteiger partial charge in [-0.3, -0.25) is 4.79 Å². The summed E-state index contributed by atoms with van der Waals surface area (Å²) in [7, 11) is 0. The molecule has 0 aromatic rings. The van der Waals surface area contributed by atoms with E-state index in [1.165, 1.54) is 12.8 Å². The molecule has 0 spiro atoms. The van der Waals surface area contributed by atoms with E-state index in [0.29, 0.717) is 6.04 Å². The van der Waals surface area contributed by atoms with Crippen LogP contribution in [0.4, 0.5) is 0 Å². The molecule has 3 nitrogen and oxygen atoms in total. The molecule has 0 bridgehead atoms. The second-order valence-electron chi connectivity index (χ2n) is 4.92. The van der Waals surface area contributed by atoms with Crippen LogP contribution in [0.2, 0.25) is 0 Å². The number of hydrogen-bond donors (Lipinski definition) is 1. The standard InChI is InChI=1S/C12H21NO2/c1-9-8-10(6-7-13-9)12(14)15-11-4-2-3-5-11/h9-11,13H,2-8H2,1H3. The lowest BCUT2D eigenvalue weighted by molar-refractivity contribution is -0.155. The highest BCUT2D eigenvalue weighted by molar-refractivity contribution is 5.72. The topological polar surface area (TPSA) is 38.3 Å². The maximum absolute atomic E-state index is 11.8. The Morgan fingerprint density at radius 2 is 2.00 bits per heavy atom. The Morgan fingerprint density at radius 1 is 1.27 bits per heavy atom. The molecule has 1 aliphatic heterocycles. The van der Waals surface area contributed by atoms with Gasteiger partial charge in [0, 0.05) is 6.04 Å². The SMILES string of the molecule is CC1CC(C(=O)OC2CCCC2)CCN1. The first-order valence-electron chi connectivity index (χ1n) is 6.19. The van der Waals surface area contributed by atoms with E-state index in [0.717, 1.165) is 32.2 Å². The van der Waals surface area contributed by atoms with Crippen LogP contribution in [0, 0.1) is 5.92 Å². The monoisotopic (exact) mass is 211 g/mol. The second-order valence-corrected chi connectivity index (χ2v) is 4.92. The average molecular weight is 211 g/mol. The van der Waals surface area contributed by atoms with Crippen LogP contribution < -0.4 is 5.32 Å². The first-order valence-corrected chi connectivity index (χ1v) is 6.19. The number of ether oxygens (including phenoxy) is 1. The van der Waals surface area contributed by atoms with Crippen LogP contribution in [0.25, 0.3) is 0 Å². The van der Waals surface area contributed by atoms with E-state index in [2.05, 4.69) is 12.2 Å². The third kappa shape index (κ3) is 2.94. The van der Waals surface area contributed by atoms with E-state index in [9.17, 15) is 4.79 Å². The summed E-state index contributed by atoms with van der Waals surface area (Å²) in [4.78, 5) is 11.8. The Balaban J connectivity index is 1.78. The van der Waals surface area contributed by atoms with Gasteiger partial charge in [-0.05, 0) is 52.0 Å². The van der Waals surface area contributed by atoms with Crippen LogP contribution in [-0.4, -0.2) is 24.7 Å². The van der Waals surface area contributed by atoms with E-state index < -0.39 is 0 Å². The fourth-order valence-electron chi connectivity index (χ4n) is 2.61. The van der Waals surface area contributed by atoms with Gasteiger partial charge in [-0.15, -0.1) is 0 Å². The van der Waals surface area contributed by atoms with E-state index >= 15 is 0 Å². The summed E-state index contributed by atoms with van der Waals surface area (Å²) in [5.74, 6) is 0.192. The summed E-state index contributed by atoms with van der Waals surface area (Å²) in [5, 5.41) is 3.35. The predicted molar refractivity (Wildman–Crippen MR) is 58.5 cm³/mol. The molecule has 1 N–H and O–H groups in total. The van der Waals surface area contributed by atoms with Gasteiger partial charge in [0.05, 0.1) is 5.92 Å². The highest BCUT2D eigenvalue weighted by Gasteiger charge is 2.28. The minimum absolute atomic E-state index is 0.0512. The first-order chi connectivity index (χ1) is 7.25. The average Bonchev–Trinajstić information content (AvgIpc) is 2.70. The van der Waals surface area contributed by atoms with Crippen molar-refractivity contribution in [3.63, 3.8) is 0 Å². The minimum atomic E-state index is 0.0512. The van der Waals surface area contributed by atoms with Crippen molar-refractivity contribution >= 4 is 5.97 Å². The van der Waals surface area contributed by atoms with Gasteiger partial charge < -0.3 is 10.1 Å². The molecule has 15 heavy (non-hydrogen) atoms. The van der Waals surface area contributed by atoms with Gasteiger partial charge in [0.1, 0.15) is 6.10 Å². The molecule has 3 heteroatoms. The Labute approximate surface area is 91.6 Å². The number of hydrogen-bond acceptors (Lipinski definition) is 3. The van der Waals surface area contributed by atoms with E-state index in [1.54, 1.807) is 0 Å². The molecule has 1 aliphatic carbocycles. The summed E-state index contributed by atoms with van der Waals surface area (Å²) < 4.78 is 5.53. The lowest BCUT2D eigenvalue weighted by Gasteiger charge is -2.27. The van der Waals surface area contributed by atoms with Crippen molar-refractivity contribution < 1.29 is 9.53 Å². The van der Waals surface area contributed by atoms with Crippen LogP contribution in [0.3, 0.4) is 0 Å². The van der Waals surface area contributed by atoms with E-state index in [4.69, 9.17) is 4.74 Å². The second kappa shape index (κ2) is 4.97. The summed E-state index contributed by atoms with van der Waals surface area (Å²) >= 11 is 0. The number of carbonyl (C=O) groups excluding carboxylic acids is 1. The van der Waals surface area contributed by atoms with Gasteiger partial charge >= 0.3 is 5.97 Å². The molecule has 86 valence electrons. The van der Waals surface area contributed by atoms with Gasteiger partial charge in [-0.1, -0.05) is 0 Å². The Morgan fingerprint density at radius 3 is 2.67 bits per heavy atom. The number of carbonyl (C=O) groups is 1. The summed E-state index contributed by atoms with van der Waals surface area (Å²) in [6.07, 6.45) is 6.70. The molecule has 0 aromatic carbocycles. The van der Waals surface area contributed by atoms with Gasteiger partial charge in [-0.2, -0.15) is 0 Å². The fourth-order valence-corrected chi connectivity index (χ4v) is 2.61. The van der Waals surface area contributed by atoms with Crippen molar-refractivity contribution in [3.8, 4) is 0 Å².